The molecule has 0 aliphatic carbocycles. The molecule has 2 aromatic heterocycles. The maximum absolute atomic E-state index is 10.5. The van der Waals surface area contributed by atoms with Crippen molar-refractivity contribution in [3.05, 3.63) is 36.9 Å². The smallest absolute Gasteiger partial charge is 0.211 e. The summed E-state index contributed by atoms with van der Waals surface area (Å²) in [7, 11) is 0. The zero-order valence-corrected chi connectivity index (χ0v) is 11.8. The van der Waals surface area contributed by atoms with Crippen LogP contribution in [0.1, 0.15) is 0 Å². The van der Waals surface area contributed by atoms with Crippen LogP contribution in [-0.2, 0) is 11.3 Å². The summed E-state index contributed by atoms with van der Waals surface area (Å²) in [5.41, 5.74) is 2.37. The lowest BCUT2D eigenvalue weighted by Gasteiger charge is -2.03. The van der Waals surface area contributed by atoms with E-state index in [4.69, 9.17) is 0 Å². The van der Waals surface area contributed by atoms with Gasteiger partial charge in [-0.25, -0.2) is 4.98 Å². The minimum absolute atomic E-state index is 0.200. The number of aromatic nitrogens is 4. The molecule has 3 aromatic rings. The Bertz CT molecular complexity index is 843. The number of hydrogen-bond donors (Lipinski definition) is 0. The zero-order chi connectivity index (χ0) is 14.8. The van der Waals surface area contributed by atoms with Gasteiger partial charge in [0.2, 0.25) is 5.16 Å². The van der Waals surface area contributed by atoms with Crippen molar-refractivity contribution in [3.63, 3.8) is 0 Å². The molecule has 0 saturated heterocycles. The average molecular weight is 299 g/mol. The summed E-state index contributed by atoms with van der Waals surface area (Å²) in [4.78, 5) is 14.9. The van der Waals surface area contributed by atoms with E-state index < -0.39 is 5.97 Å². The van der Waals surface area contributed by atoms with Gasteiger partial charge in [0, 0.05) is 17.7 Å². The summed E-state index contributed by atoms with van der Waals surface area (Å²) >= 11 is 0.994. The normalized spacial score (nSPS) is 11.0. The third-order valence-electron chi connectivity index (χ3n) is 2.99. The fourth-order valence-corrected chi connectivity index (χ4v) is 2.68. The third-order valence-corrected chi connectivity index (χ3v) is 3.80. The SMILES string of the molecule is C=CCn1c2ccccc2c2nnc(SCC(=O)[O-])nc21. The van der Waals surface area contributed by atoms with Crippen molar-refractivity contribution in [1.82, 2.24) is 19.7 Å². The molecule has 0 N–H and O–H groups in total. The molecule has 7 heteroatoms. The molecule has 0 fully saturated rings. The number of allylic oxidation sites excluding steroid dienone is 1. The van der Waals surface area contributed by atoms with Gasteiger partial charge in [0.05, 0.1) is 11.5 Å². The molecule has 0 aliphatic heterocycles. The molecule has 0 saturated carbocycles. The van der Waals surface area contributed by atoms with E-state index in [-0.39, 0.29) is 5.75 Å². The molecular weight excluding hydrogens is 288 g/mol. The van der Waals surface area contributed by atoms with Crippen molar-refractivity contribution in [1.29, 1.82) is 0 Å². The van der Waals surface area contributed by atoms with Gasteiger partial charge in [0.25, 0.3) is 0 Å². The van der Waals surface area contributed by atoms with E-state index in [1.165, 1.54) is 0 Å². The molecule has 0 aliphatic rings. The van der Waals surface area contributed by atoms with Crippen LogP contribution in [0.3, 0.4) is 0 Å². The van der Waals surface area contributed by atoms with Crippen LogP contribution in [0.4, 0.5) is 0 Å². The van der Waals surface area contributed by atoms with Crippen LogP contribution in [-0.4, -0.2) is 31.5 Å². The van der Waals surface area contributed by atoms with E-state index >= 15 is 0 Å². The Kier molecular flexibility index (Phi) is 3.57. The van der Waals surface area contributed by atoms with Gasteiger partial charge in [0.1, 0.15) is 5.52 Å². The molecule has 0 unspecified atom stereocenters. The molecule has 0 bridgehead atoms. The summed E-state index contributed by atoms with van der Waals surface area (Å²) in [6.07, 6.45) is 1.78. The van der Waals surface area contributed by atoms with Gasteiger partial charge < -0.3 is 14.5 Å². The molecular formula is C14H11N4O2S-. The van der Waals surface area contributed by atoms with E-state index in [1.807, 2.05) is 28.8 Å². The molecule has 0 amide bonds. The molecule has 106 valence electrons. The van der Waals surface area contributed by atoms with Gasteiger partial charge in [-0.1, -0.05) is 36.0 Å². The second-order valence-electron chi connectivity index (χ2n) is 4.34. The molecule has 2 heterocycles. The van der Waals surface area contributed by atoms with Crippen molar-refractivity contribution in [2.45, 2.75) is 11.7 Å². The Labute approximate surface area is 124 Å². The highest BCUT2D eigenvalue weighted by atomic mass is 32.2. The van der Waals surface area contributed by atoms with Crippen LogP contribution in [0.15, 0.2) is 42.1 Å². The van der Waals surface area contributed by atoms with Crippen molar-refractivity contribution in [2.24, 2.45) is 0 Å². The quantitative estimate of drug-likeness (QED) is 0.516. The second kappa shape index (κ2) is 5.53. The van der Waals surface area contributed by atoms with E-state index in [0.717, 1.165) is 22.7 Å². The maximum atomic E-state index is 10.5. The van der Waals surface area contributed by atoms with Crippen molar-refractivity contribution in [3.8, 4) is 0 Å². The number of rotatable bonds is 5. The molecule has 0 radical (unpaired) electrons. The Morgan fingerprint density at radius 2 is 2.19 bits per heavy atom. The molecule has 0 atom stereocenters. The third kappa shape index (κ3) is 2.47. The topological polar surface area (TPSA) is 83.7 Å². The van der Waals surface area contributed by atoms with E-state index in [1.54, 1.807) is 6.08 Å². The minimum atomic E-state index is -1.16. The number of thioether (sulfide) groups is 1. The number of aliphatic carboxylic acids is 1. The number of carboxylic acid groups (broad SMARTS) is 1. The fourth-order valence-electron chi connectivity index (χ4n) is 2.19. The maximum Gasteiger partial charge on any atom is 0.211 e. The number of hydrogen-bond acceptors (Lipinski definition) is 6. The van der Waals surface area contributed by atoms with Crippen LogP contribution in [0.25, 0.3) is 22.1 Å². The van der Waals surface area contributed by atoms with Gasteiger partial charge in [-0.3, -0.25) is 0 Å². The standard InChI is InChI=1S/C14H12N4O2S/c1-2-7-18-10-6-4-3-5-9(10)12-13(18)15-14(17-16-12)21-8-11(19)20/h2-6H,1,7-8H2,(H,19,20)/p-1. The Hall–Kier alpha value is -2.41. The number of carboxylic acids is 1. The lowest BCUT2D eigenvalue weighted by molar-refractivity contribution is -0.301. The molecule has 21 heavy (non-hydrogen) atoms. The molecule has 0 spiro atoms. The number of fused-ring (bicyclic) bond motifs is 3. The van der Waals surface area contributed by atoms with Gasteiger partial charge in [0.15, 0.2) is 5.65 Å². The minimum Gasteiger partial charge on any atom is -0.549 e. The Balaban J connectivity index is 2.18. The van der Waals surface area contributed by atoms with Gasteiger partial charge in [-0.2, -0.15) is 0 Å². The average Bonchev–Trinajstić information content (AvgIpc) is 2.80. The number of nitrogens with zero attached hydrogens (tertiary/aromatic N) is 4. The zero-order valence-electron chi connectivity index (χ0n) is 11.0. The number of benzene rings is 1. The van der Waals surface area contributed by atoms with Crippen molar-refractivity contribution < 1.29 is 9.90 Å². The first-order valence-corrected chi connectivity index (χ1v) is 7.24. The van der Waals surface area contributed by atoms with Crippen LogP contribution >= 0.6 is 11.8 Å². The highest BCUT2D eigenvalue weighted by Crippen LogP contribution is 2.26. The first-order chi connectivity index (χ1) is 10.2. The highest BCUT2D eigenvalue weighted by molar-refractivity contribution is 7.99. The largest absolute Gasteiger partial charge is 0.549 e. The number of carbonyl (C=O) groups excluding carboxylic acids is 1. The van der Waals surface area contributed by atoms with Gasteiger partial charge in [-0.15, -0.1) is 16.8 Å². The Morgan fingerprint density at radius 3 is 2.95 bits per heavy atom. The monoisotopic (exact) mass is 299 g/mol. The lowest BCUT2D eigenvalue weighted by Crippen LogP contribution is -2.24. The number of para-hydroxylation sites is 1. The fraction of sp³-hybridized carbons (Fsp3) is 0.143. The van der Waals surface area contributed by atoms with Gasteiger partial charge in [-0.05, 0) is 6.07 Å². The van der Waals surface area contributed by atoms with E-state index in [0.29, 0.717) is 22.9 Å². The Morgan fingerprint density at radius 1 is 1.38 bits per heavy atom. The van der Waals surface area contributed by atoms with Crippen LogP contribution in [0.2, 0.25) is 0 Å². The first-order valence-electron chi connectivity index (χ1n) is 6.26. The van der Waals surface area contributed by atoms with Crippen LogP contribution in [0, 0.1) is 0 Å². The number of carbonyl (C=O) groups is 1. The van der Waals surface area contributed by atoms with Crippen molar-refractivity contribution in [2.75, 3.05) is 5.75 Å². The molecule has 6 nitrogen and oxygen atoms in total. The van der Waals surface area contributed by atoms with E-state index in [9.17, 15) is 9.90 Å². The summed E-state index contributed by atoms with van der Waals surface area (Å²) in [6, 6.07) is 7.82. The summed E-state index contributed by atoms with van der Waals surface area (Å²) in [6.45, 7) is 4.35. The predicted octanol–water partition coefficient (Wildman–Crippen LogP) is 1.01. The lowest BCUT2D eigenvalue weighted by atomic mass is 10.2. The van der Waals surface area contributed by atoms with Gasteiger partial charge >= 0.3 is 0 Å². The van der Waals surface area contributed by atoms with Crippen molar-refractivity contribution >= 4 is 39.8 Å². The summed E-state index contributed by atoms with van der Waals surface area (Å²) < 4.78 is 1.98. The summed E-state index contributed by atoms with van der Waals surface area (Å²) in [5.74, 6) is -1.36. The highest BCUT2D eigenvalue weighted by Gasteiger charge is 2.13. The molecule has 3 rings (SSSR count). The second-order valence-corrected chi connectivity index (χ2v) is 5.29. The van der Waals surface area contributed by atoms with Crippen LogP contribution in [0.5, 0.6) is 0 Å². The predicted molar refractivity (Wildman–Crippen MR) is 78.8 cm³/mol. The summed E-state index contributed by atoms with van der Waals surface area (Å²) in [5, 5.41) is 20.0. The molecule has 1 aromatic carbocycles. The first kappa shape index (κ1) is 13.6. The van der Waals surface area contributed by atoms with E-state index in [2.05, 4.69) is 21.8 Å². The van der Waals surface area contributed by atoms with Crippen LogP contribution < -0.4 is 5.11 Å².